The molecule has 0 atom stereocenters. The minimum atomic E-state index is -2.43. The molecule has 0 spiro atoms. The molecule has 1 aliphatic carbocycles. The number of alkyl halides is 2. The Labute approximate surface area is 110 Å². The maximum Gasteiger partial charge on any atom is 0.261 e. The standard InChI is InChI=1S/C12H19F2N3O2/c13-10(14)8-18-6-5-11-16-12(19-17-11)7-15-9-3-1-2-4-9/h9-10,15H,1-8H2. The smallest absolute Gasteiger partial charge is 0.261 e. The third-order valence-electron chi connectivity index (χ3n) is 3.12. The van der Waals surface area contributed by atoms with Gasteiger partial charge >= 0.3 is 0 Å². The van der Waals surface area contributed by atoms with Gasteiger partial charge in [-0.25, -0.2) is 8.78 Å². The lowest BCUT2D eigenvalue weighted by Crippen LogP contribution is -2.25. The average Bonchev–Trinajstić information content (AvgIpc) is 3.03. The molecular formula is C12H19F2N3O2. The summed E-state index contributed by atoms with van der Waals surface area (Å²) in [6, 6.07) is 0.546. The van der Waals surface area contributed by atoms with Crippen LogP contribution in [0.5, 0.6) is 0 Å². The van der Waals surface area contributed by atoms with E-state index in [2.05, 4.69) is 15.5 Å². The van der Waals surface area contributed by atoms with E-state index in [0.717, 1.165) is 0 Å². The van der Waals surface area contributed by atoms with Gasteiger partial charge in [0.25, 0.3) is 6.43 Å². The maximum absolute atomic E-state index is 11.8. The summed E-state index contributed by atoms with van der Waals surface area (Å²) in [6.07, 6.45) is 2.89. The van der Waals surface area contributed by atoms with Gasteiger partial charge in [0.1, 0.15) is 6.61 Å². The molecular weight excluding hydrogens is 256 g/mol. The first-order valence-corrected chi connectivity index (χ1v) is 6.65. The van der Waals surface area contributed by atoms with Gasteiger partial charge in [0, 0.05) is 12.5 Å². The van der Waals surface area contributed by atoms with Crippen molar-refractivity contribution in [3.05, 3.63) is 11.7 Å². The van der Waals surface area contributed by atoms with Crippen LogP contribution in [0.1, 0.15) is 37.4 Å². The molecule has 19 heavy (non-hydrogen) atoms. The van der Waals surface area contributed by atoms with Gasteiger partial charge in [0.15, 0.2) is 5.82 Å². The number of halogens is 2. The third-order valence-corrected chi connectivity index (χ3v) is 3.12. The number of rotatable bonds is 8. The van der Waals surface area contributed by atoms with Crippen molar-refractivity contribution in [2.45, 2.75) is 51.1 Å². The van der Waals surface area contributed by atoms with Crippen LogP contribution >= 0.6 is 0 Å². The van der Waals surface area contributed by atoms with Crippen molar-refractivity contribution >= 4 is 0 Å². The van der Waals surface area contributed by atoms with E-state index in [1.165, 1.54) is 25.7 Å². The van der Waals surface area contributed by atoms with Crippen LogP contribution in [0.2, 0.25) is 0 Å². The van der Waals surface area contributed by atoms with Crippen LogP contribution in [0, 0.1) is 0 Å². The molecule has 1 aromatic rings. The number of nitrogens with zero attached hydrogens (tertiary/aromatic N) is 2. The Hall–Kier alpha value is -1.08. The van der Waals surface area contributed by atoms with E-state index < -0.39 is 13.0 Å². The van der Waals surface area contributed by atoms with Crippen LogP contribution in [-0.2, 0) is 17.7 Å². The predicted molar refractivity (Wildman–Crippen MR) is 63.9 cm³/mol. The zero-order valence-corrected chi connectivity index (χ0v) is 10.8. The SMILES string of the molecule is FC(F)COCCc1noc(CNC2CCCC2)n1. The second-order valence-electron chi connectivity index (χ2n) is 4.68. The first-order valence-electron chi connectivity index (χ1n) is 6.65. The number of hydrogen-bond acceptors (Lipinski definition) is 5. The molecule has 1 saturated carbocycles. The Balaban J connectivity index is 1.63. The summed E-state index contributed by atoms with van der Waals surface area (Å²) < 4.78 is 33.5. The lowest BCUT2D eigenvalue weighted by atomic mass is 10.2. The van der Waals surface area contributed by atoms with Gasteiger partial charge in [-0.05, 0) is 12.8 Å². The molecule has 0 radical (unpaired) electrons. The van der Waals surface area contributed by atoms with Crippen molar-refractivity contribution in [2.24, 2.45) is 0 Å². The molecule has 0 saturated heterocycles. The number of aromatic nitrogens is 2. The summed E-state index contributed by atoms with van der Waals surface area (Å²) in [5.74, 6) is 1.04. The average molecular weight is 275 g/mol. The first-order chi connectivity index (χ1) is 9.24. The molecule has 108 valence electrons. The Kier molecular flexibility index (Phi) is 5.65. The Morgan fingerprint density at radius 1 is 1.37 bits per heavy atom. The number of hydrogen-bond donors (Lipinski definition) is 1. The summed E-state index contributed by atoms with van der Waals surface area (Å²) in [7, 11) is 0. The normalized spacial score (nSPS) is 16.6. The van der Waals surface area contributed by atoms with E-state index in [4.69, 9.17) is 9.26 Å². The minimum Gasteiger partial charge on any atom is -0.375 e. The highest BCUT2D eigenvalue weighted by Crippen LogP contribution is 2.17. The van der Waals surface area contributed by atoms with Crippen LogP contribution in [0.3, 0.4) is 0 Å². The van der Waals surface area contributed by atoms with Crippen LogP contribution in [-0.4, -0.2) is 35.8 Å². The monoisotopic (exact) mass is 275 g/mol. The van der Waals surface area contributed by atoms with Gasteiger partial charge in [-0.3, -0.25) is 0 Å². The van der Waals surface area contributed by atoms with E-state index in [9.17, 15) is 8.78 Å². The van der Waals surface area contributed by atoms with Gasteiger partial charge in [-0.1, -0.05) is 18.0 Å². The molecule has 1 aliphatic rings. The molecule has 5 nitrogen and oxygen atoms in total. The van der Waals surface area contributed by atoms with Crippen LogP contribution in [0.4, 0.5) is 8.78 Å². The molecule has 1 heterocycles. The van der Waals surface area contributed by atoms with Gasteiger partial charge in [-0.15, -0.1) is 0 Å². The second kappa shape index (κ2) is 7.49. The second-order valence-corrected chi connectivity index (χ2v) is 4.68. The topological polar surface area (TPSA) is 60.2 Å². The van der Waals surface area contributed by atoms with Crippen molar-refractivity contribution in [2.75, 3.05) is 13.2 Å². The molecule has 1 N–H and O–H groups in total. The molecule has 0 unspecified atom stereocenters. The summed E-state index contributed by atoms with van der Waals surface area (Å²) >= 11 is 0. The van der Waals surface area contributed by atoms with Crippen molar-refractivity contribution in [3.8, 4) is 0 Å². The largest absolute Gasteiger partial charge is 0.375 e. The molecule has 7 heteroatoms. The van der Waals surface area contributed by atoms with Gasteiger partial charge in [0.2, 0.25) is 5.89 Å². The van der Waals surface area contributed by atoms with Crippen LogP contribution < -0.4 is 5.32 Å². The van der Waals surface area contributed by atoms with Gasteiger partial charge < -0.3 is 14.6 Å². The van der Waals surface area contributed by atoms with Crippen molar-refractivity contribution in [1.29, 1.82) is 0 Å². The third kappa shape index (κ3) is 5.20. The summed E-state index contributed by atoms with van der Waals surface area (Å²) in [4.78, 5) is 4.18. The highest BCUT2D eigenvalue weighted by atomic mass is 19.3. The zero-order valence-electron chi connectivity index (χ0n) is 10.8. The fraction of sp³-hybridized carbons (Fsp3) is 0.833. The van der Waals surface area contributed by atoms with E-state index >= 15 is 0 Å². The Morgan fingerprint density at radius 2 is 2.16 bits per heavy atom. The lowest BCUT2D eigenvalue weighted by molar-refractivity contribution is 0.0182. The maximum atomic E-state index is 11.8. The van der Waals surface area contributed by atoms with E-state index in [0.29, 0.717) is 30.7 Å². The summed E-state index contributed by atoms with van der Waals surface area (Å²) in [6.45, 7) is 0.197. The van der Waals surface area contributed by atoms with Gasteiger partial charge in [-0.2, -0.15) is 4.98 Å². The fourth-order valence-electron chi connectivity index (χ4n) is 2.16. The lowest BCUT2D eigenvalue weighted by Gasteiger charge is -2.08. The molecule has 0 bridgehead atoms. The highest BCUT2D eigenvalue weighted by Gasteiger charge is 2.15. The molecule has 0 aliphatic heterocycles. The first kappa shape index (κ1) is 14.3. The van der Waals surface area contributed by atoms with E-state index in [1.807, 2.05) is 0 Å². The van der Waals surface area contributed by atoms with Crippen LogP contribution in [0.25, 0.3) is 0 Å². The van der Waals surface area contributed by atoms with E-state index in [1.54, 1.807) is 0 Å². The zero-order chi connectivity index (χ0) is 13.5. The molecule has 0 aromatic carbocycles. The quantitative estimate of drug-likeness (QED) is 0.735. The minimum absolute atomic E-state index is 0.180. The van der Waals surface area contributed by atoms with E-state index in [-0.39, 0.29) is 6.61 Å². The van der Waals surface area contributed by atoms with Gasteiger partial charge in [0.05, 0.1) is 13.2 Å². The van der Waals surface area contributed by atoms with Crippen molar-refractivity contribution < 1.29 is 18.0 Å². The highest BCUT2D eigenvalue weighted by molar-refractivity contribution is 4.87. The molecule has 1 aromatic heterocycles. The Morgan fingerprint density at radius 3 is 2.89 bits per heavy atom. The predicted octanol–water partition coefficient (Wildman–Crippen LogP) is 1.93. The van der Waals surface area contributed by atoms with Crippen molar-refractivity contribution in [3.63, 3.8) is 0 Å². The number of ether oxygens (including phenoxy) is 1. The molecule has 1 fully saturated rings. The number of nitrogens with one attached hydrogen (secondary N) is 1. The fourth-order valence-corrected chi connectivity index (χ4v) is 2.16. The van der Waals surface area contributed by atoms with Crippen LogP contribution in [0.15, 0.2) is 4.52 Å². The summed E-state index contributed by atoms with van der Waals surface area (Å²) in [5, 5.41) is 7.15. The van der Waals surface area contributed by atoms with Crippen molar-refractivity contribution in [1.82, 2.24) is 15.5 Å². The molecule has 2 rings (SSSR count). The molecule has 0 amide bonds. The Bertz CT molecular complexity index is 368. The summed E-state index contributed by atoms with van der Waals surface area (Å²) in [5.41, 5.74) is 0.